The fourth-order valence-electron chi connectivity index (χ4n) is 3.30. The topological polar surface area (TPSA) is 48.3 Å². The second kappa shape index (κ2) is 5.09. The number of esters is 1. The molecule has 0 fully saturated rings. The Morgan fingerprint density at radius 2 is 1.70 bits per heavy atom. The van der Waals surface area contributed by atoms with Crippen LogP contribution in [0.4, 0.5) is 0 Å². The van der Waals surface area contributed by atoms with Gasteiger partial charge in [0, 0.05) is 18.4 Å². The largest absolute Gasteiger partial charge is 0.425 e. The molecule has 114 valence electrons. The maximum absolute atomic E-state index is 12.9. The molecular formula is C19H15NO3. The van der Waals surface area contributed by atoms with Gasteiger partial charge in [0.1, 0.15) is 5.75 Å². The number of pyridine rings is 1. The number of carbonyl (C=O) groups excluding carboxylic acids is 1. The molecule has 2 aromatic carbocycles. The second-order valence-corrected chi connectivity index (χ2v) is 5.77. The minimum Gasteiger partial charge on any atom is -0.425 e. The van der Waals surface area contributed by atoms with Gasteiger partial charge >= 0.3 is 5.97 Å². The first-order chi connectivity index (χ1) is 11.2. The molecule has 2 heterocycles. The number of benzene rings is 2. The number of ether oxygens (including phenoxy) is 1. The summed E-state index contributed by atoms with van der Waals surface area (Å²) in [6, 6.07) is 17.1. The van der Waals surface area contributed by atoms with Crippen molar-refractivity contribution in [1.82, 2.24) is 4.57 Å². The van der Waals surface area contributed by atoms with Crippen molar-refractivity contribution < 1.29 is 9.53 Å². The molecule has 0 unspecified atom stereocenters. The summed E-state index contributed by atoms with van der Waals surface area (Å²) < 4.78 is 7.11. The van der Waals surface area contributed by atoms with E-state index in [2.05, 4.69) is 0 Å². The second-order valence-electron chi connectivity index (χ2n) is 5.77. The Bertz CT molecular complexity index is 973. The van der Waals surface area contributed by atoms with Gasteiger partial charge in [-0.25, -0.2) is 0 Å². The van der Waals surface area contributed by atoms with Crippen LogP contribution in [-0.4, -0.2) is 10.5 Å². The first-order valence-electron chi connectivity index (χ1n) is 7.54. The zero-order valence-electron chi connectivity index (χ0n) is 12.7. The molecule has 0 aliphatic carbocycles. The fourth-order valence-corrected chi connectivity index (χ4v) is 3.30. The minimum absolute atomic E-state index is 0.111. The van der Waals surface area contributed by atoms with Crippen LogP contribution in [0.1, 0.15) is 23.5 Å². The summed E-state index contributed by atoms with van der Waals surface area (Å²) in [5, 5.41) is 0.790. The molecule has 0 radical (unpaired) electrons. The lowest BCUT2D eigenvalue weighted by molar-refractivity contribution is -0.135. The van der Waals surface area contributed by atoms with Gasteiger partial charge < -0.3 is 9.30 Å². The molecule has 4 nitrogen and oxygen atoms in total. The SMILES string of the molecule is Cn1c(=O)c2c(c3ccccc31)OC(=O)C[C@@H]2c1ccccc1. The van der Waals surface area contributed by atoms with Crippen LogP contribution in [0.3, 0.4) is 0 Å². The third kappa shape index (κ3) is 2.06. The van der Waals surface area contributed by atoms with E-state index in [-0.39, 0.29) is 23.9 Å². The van der Waals surface area contributed by atoms with E-state index in [1.807, 2.05) is 54.6 Å². The molecular weight excluding hydrogens is 290 g/mol. The molecule has 0 saturated carbocycles. The monoisotopic (exact) mass is 305 g/mol. The Labute approximate surface area is 132 Å². The van der Waals surface area contributed by atoms with E-state index in [1.165, 1.54) is 0 Å². The highest BCUT2D eigenvalue weighted by Gasteiger charge is 2.33. The van der Waals surface area contributed by atoms with Crippen molar-refractivity contribution in [1.29, 1.82) is 0 Å². The van der Waals surface area contributed by atoms with E-state index in [0.29, 0.717) is 11.3 Å². The highest BCUT2D eigenvalue weighted by molar-refractivity contribution is 5.91. The van der Waals surface area contributed by atoms with Crippen molar-refractivity contribution in [3.05, 3.63) is 76.1 Å². The van der Waals surface area contributed by atoms with Crippen molar-refractivity contribution in [3.63, 3.8) is 0 Å². The summed E-state index contributed by atoms with van der Waals surface area (Å²) in [6.45, 7) is 0. The summed E-state index contributed by atoms with van der Waals surface area (Å²) in [6.07, 6.45) is 0.185. The van der Waals surface area contributed by atoms with Crippen molar-refractivity contribution in [3.8, 4) is 5.75 Å². The van der Waals surface area contributed by atoms with Gasteiger partial charge in [-0.15, -0.1) is 0 Å². The number of aromatic nitrogens is 1. The van der Waals surface area contributed by atoms with E-state index >= 15 is 0 Å². The number of aryl methyl sites for hydroxylation is 1. The number of para-hydroxylation sites is 1. The molecule has 0 bridgehead atoms. The smallest absolute Gasteiger partial charge is 0.312 e. The van der Waals surface area contributed by atoms with Crippen molar-refractivity contribution in [2.75, 3.05) is 0 Å². The minimum atomic E-state index is -0.301. The van der Waals surface area contributed by atoms with E-state index in [1.54, 1.807) is 11.6 Å². The fraction of sp³-hybridized carbons (Fsp3) is 0.158. The highest BCUT2D eigenvalue weighted by atomic mass is 16.5. The Kier molecular flexibility index (Phi) is 3.05. The molecule has 0 saturated heterocycles. The van der Waals surface area contributed by atoms with Crippen molar-refractivity contribution in [2.24, 2.45) is 7.05 Å². The standard InChI is InChI=1S/C19H15NO3/c1-20-15-10-6-5-9-13(15)18-17(19(20)22)14(11-16(21)23-18)12-7-3-2-4-8-12/h2-10,14H,11H2,1H3/t14-/m1/s1. The summed E-state index contributed by atoms with van der Waals surface area (Å²) in [7, 11) is 1.75. The molecule has 4 heteroatoms. The van der Waals surface area contributed by atoms with Gasteiger partial charge in [0.15, 0.2) is 0 Å². The van der Waals surface area contributed by atoms with Crippen molar-refractivity contribution >= 4 is 16.9 Å². The molecule has 4 rings (SSSR count). The van der Waals surface area contributed by atoms with Crippen LogP contribution in [0.15, 0.2) is 59.4 Å². The molecule has 1 atom stereocenters. The predicted molar refractivity (Wildman–Crippen MR) is 87.7 cm³/mol. The molecule has 0 N–H and O–H groups in total. The summed E-state index contributed by atoms with van der Waals surface area (Å²) in [5.41, 5.74) is 2.17. The van der Waals surface area contributed by atoms with Gasteiger partial charge in [0.25, 0.3) is 5.56 Å². The number of rotatable bonds is 1. The number of carbonyl (C=O) groups is 1. The summed E-state index contributed by atoms with van der Waals surface area (Å²) >= 11 is 0. The van der Waals surface area contributed by atoms with Crippen LogP contribution >= 0.6 is 0 Å². The molecule has 0 amide bonds. The van der Waals surface area contributed by atoms with Gasteiger partial charge in [-0.1, -0.05) is 42.5 Å². The third-order valence-electron chi connectivity index (χ3n) is 4.43. The van der Waals surface area contributed by atoms with Crippen LogP contribution in [0, 0.1) is 0 Å². The number of fused-ring (bicyclic) bond motifs is 3. The summed E-state index contributed by atoms with van der Waals surface area (Å²) in [5.74, 6) is -0.158. The number of hydrogen-bond acceptors (Lipinski definition) is 3. The first kappa shape index (κ1) is 13.8. The van der Waals surface area contributed by atoms with Crippen LogP contribution in [-0.2, 0) is 11.8 Å². The van der Waals surface area contributed by atoms with Crippen LogP contribution in [0.5, 0.6) is 5.75 Å². The Balaban J connectivity index is 2.08. The van der Waals surface area contributed by atoms with Gasteiger partial charge in [0.2, 0.25) is 0 Å². The van der Waals surface area contributed by atoms with Gasteiger partial charge in [-0.2, -0.15) is 0 Å². The average Bonchev–Trinajstić information content (AvgIpc) is 2.59. The molecule has 1 aromatic heterocycles. The van der Waals surface area contributed by atoms with E-state index in [0.717, 1.165) is 16.5 Å². The highest BCUT2D eigenvalue weighted by Crippen LogP contribution is 2.40. The average molecular weight is 305 g/mol. The quantitative estimate of drug-likeness (QED) is 0.649. The maximum atomic E-state index is 12.9. The van der Waals surface area contributed by atoms with Gasteiger partial charge in [-0.3, -0.25) is 9.59 Å². The molecule has 1 aliphatic heterocycles. The van der Waals surface area contributed by atoms with E-state index < -0.39 is 0 Å². The molecule has 1 aliphatic rings. The summed E-state index contributed by atoms with van der Waals surface area (Å²) in [4.78, 5) is 25.0. The first-order valence-corrected chi connectivity index (χ1v) is 7.54. The van der Waals surface area contributed by atoms with Crippen LogP contribution in [0.2, 0.25) is 0 Å². The van der Waals surface area contributed by atoms with Crippen LogP contribution in [0.25, 0.3) is 10.9 Å². The van der Waals surface area contributed by atoms with Crippen molar-refractivity contribution in [2.45, 2.75) is 12.3 Å². The zero-order chi connectivity index (χ0) is 16.0. The number of nitrogens with zero attached hydrogens (tertiary/aromatic N) is 1. The molecule has 0 spiro atoms. The van der Waals surface area contributed by atoms with Gasteiger partial charge in [0.05, 0.1) is 17.5 Å². The van der Waals surface area contributed by atoms with E-state index in [9.17, 15) is 9.59 Å². The van der Waals surface area contributed by atoms with E-state index in [4.69, 9.17) is 4.74 Å². The lowest BCUT2D eigenvalue weighted by atomic mass is 9.86. The Hall–Kier alpha value is -2.88. The zero-order valence-corrected chi connectivity index (χ0v) is 12.7. The third-order valence-corrected chi connectivity index (χ3v) is 4.43. The Morgan fingerprint density at radius 3 is 2.48 bits per heavy atom. The molecule has 23 heavy (non-hydrogen) atoms. The Morgan fingerprint density at radius 1 is 1.00 bits per heavy atom. The maximum Gasteiger partial charge on any atom is 0.312 e. The lowest BCUT2D eigenvalue weighted by Crippen LogP contribution is -2.31. The normalized spacial score (nSPS) is 16.9. The lowest BCUT2D eigenvalue weighted by Gasteiger charge is -2.26. The van der Waals surface area contributed by atoms with Gasteiger partial charge in [-0.05, 0) is 17.7 Å². The molecule has 3 aromatic rings. The number of hydrogen-bond donors (Lipinski definition) is 0. The predicted octanol–water partition coefficient (Wildman–Crippen LogP) is 2.98. The van der Waals surface area contributed by atoms with Crippen LogP contribution < -0.4 is 10.3 Å².